The lowest BCUT2D eigenvalue weighted by Gasteiger charge is -2.23. The first-order valence-corrected chi connectivity index (χ1v) is 6.73. The second-order valence-electron chi connectivity index (χ2n) is 5.79. The van der Waals surface area contributed by atoms with E-state index in [0.29, 0.717) is 0 Å². The Morgan fingerprint density at radius 2 is 2.05 bits per heavy atom. The summed E-state index contributed by atoms with van der Waals surface area (Å²) in [5.74, 6) is 0. The van der Waals surface area contributed by atoms with Gasteiger partial charge < -0.3 is 15.8 Å². The fourth-order valence-electron chi connectivity index (χ4n) is 1.79. The van der Waals surface area contributed by atoms with Crippen LogP contribution in [0.15, 0.2) is 18.3 Å². The van der Waals surface area contributed by atoms with E-state index in [9.17, 15) is 18.0 Å². The second kappa shape index (κ2) is 6.95. The zero-order valence-corrected chi connectivity index (χ0v) is 12.7. The summed E-state index contributed by atoms with van der Waals surface area (Å²) >= 11 is 0. The fourth-order valence-corrected chi connectivity index (χ4v) is 1.79. The summed E-state index contributed by atoms with van der Waals surface area (Å²) in [6.45, 7) is 5.04. The molecule has 0 aromatic carbocycles. The van der Waals surface area contributed by atoms with Gasteiger partial charge in [-0.2, -0.15) is 13.2 Å². The lowest BCUT2D eigenvalue weighted by molar-refractivity contribution is -0.141. The second-order valence-corrected chi connectivity index (χ2v) is 5.79. The Hall–Kier alpha value is -1.83. The van der Waals surface area contributed by atoms with Gasteiger partial charge in [0.05, 0.1) is 0 Å². The zero-order valence-electron chi connectivity index (χ0n) is 12.7. The van der Waals surface area contributed by atoms with E-state index in [4.69, 9.17) is 10.5 Å². The zero-order chi connectivity index (χ0) is 17.0. The molecule has 1 amide bonds. The quantitative estimate of drug-likeness (QED) is 0.894. The number of aromatic nitrogens is 1. The molecule has 0 saturated carbocycles. The molecule has 0 aliphatic carbocycles. The van der Waals surface area contributed by atoms with E-state index in [1.807, 2.05) is 0 Å². The summed E-state index contributed by atoms with van der Waals surface area (Å²) in [4.78, 5) is 15.0. The molecule has 0 aliphatic heterocycles. The van der Waals surface area contributed by atoms with E-state index in [-0.39, 0.29) is 18.5 Å². The smallest absolute Gasteiger partial charge is 0.433 e. The minimum Gasteiger partial charge on any atom is -0.444 e. The number of amides is 1. The molecule has 3 N–H and O–H groups in total. The van der Waals surface area contributed by atoms with Crippen molar-refractivity contribution in [1.82, 2.24) is 10.3 Å². The van der Waals surface area contributed by atoms with Crippen molar-refractivity contribution in [3.05, 3.63) is 29.6 Å². The number of nitrogens with two attached hydrogens (primary N) is 1. The minimum atomic E-state index is -4.55. The molecule has 0 aliphatic rings. The number of pyridine rings is 1. The third-order valence-corrected chi connectivity index (χ3v) is 2.63. The van der Waals surface area contributed by atoms with Crippen LogP contribution in [0.1, 0.15) is 32.0 Å². The van der Waals surface area contributed by atoms with Gasteiger partial charge in [0.25, 0.3) is 0 Å². The van der Waals surface area contributed by atoms with E-state index in [0.717, 1.165) is 6.20 Å². The molecule has 1 unspecified atom stereocenters. The lowest BCUT2D eigenvalue weighted by atomic mass is 10.0. The molecule has 1 atom stereocenters. The van der Waals surface area contributed by atoms with Crippen LogP contribution in [0.3, 0.4) is 0 Å². The Kier molecular flexibility index (Phi) is 5.76. The van der Waals surface area contributed by atoms with Gasteiger partial charge in [0.2, 0.25) is 0 Å². The summed E-state index contributed by atoms with van der Waals surface area (Å²) in [6.07, 6.45) is -4.29. The van der Waals surface area contributed by atoms with E-state index in [2.05, 4.69) is 10.3 Å². The first-order chi connectivity index (χ1) is 10.0. The predicted octanol–water partition coefficient (Wildman–Crippen LogP) is 2.49. The molecule has 1 rings (SSSR count). The third-order valence-electron chi connectivity index (χ3n) is 2.63. The Morgan fingerprint density at radius 3 is 2.55 bits per heavy atom. The van der Waals surface area contributed by atoms with Gasteiger partial charge >= 0.3 is 12.3 Å². The lowest BCUT2D eigenvalue weighted by Crippen LogP contribution is -2.44. The normalized spacial score (nSPS) is 13.6. The molecular formula is C14H20F3N3O2. The molecule has 0 bridgehead atoms. The number of hydrogen-bond donors (Lipinski definition) is 2. The maximum Gasteiger partial charge on any atom is 0.433 e. The molecule has 1 aromatic heterocycles. The summed E-state index contributed by atoms with van der Waals surface area (Å²) in [5.41, 5.74) is 3.82. The molecule has 1 aromatic rings. The summed E-state index contributed by atoms with van der Waals surface area (Å²) < 4.78 is 43.7. The number of alkyl halides is 3. The molecule has 22 heavy (non-hydrogen) atoms. The van der Waals surface area contributed by atoms with Gasteiger partial charge in [-0.15, -0.1) is 0 Å². The average Bonchev–Trinajstić information content (AvgIpc) is 2.35. The van der Waals surface area contributed by atoms with Gasteiger partial charge in [-0.1, -0.05) is 6.07 Å². The van der Waals surface area contributed by atoms with Crippen LogP contribution in [0.25, 0.3) is 0 Å². The minimum absolute atomic E-state index is 0.0224. The van der Waals surface area contributed by atoms with Crippen molar-refractivity contribution in [2.45, 2.75) is 45.0 Å². The van der Waals surface area contributed by atoms with Crippen LogP contribution < -0.4 is 11.1 Å². The van der Waals surface area contributed by atoms with Crippen LogP contribution in [-0.4, -0.2) is 29.3 Å². The van der Waals surface area contributed by atoms with Gasteiger partial charge in [0.15, 0.2) is 0 Å². The molecule has 1 heterocycles. The van der Waals surface area contributed by atoms with E-state index in [1.165, 1.54) is 12.1 Å². The number of halogens is 3. The van der Waals surface area contributed by atoms with Crippen LogP contribution >= 0.6 is 0 Å². The van der Waals surface area contributed by atoms with Gasteiger partial charge in [-0.25, -0.2) is 4.79 Å². The molecule has 0 fully saturated rings. The van der Waals surface area contributed by atoms with Gasteiger partial charge in [-0.05, 0) is 38.8 Å². The van der Waals surface area contributed by atoms with E-state index in [1.54, 1.807) is 20.8 Å². The van der Waals surface area contributed by atoms with Crippen LogP contribution in [0.5, 0.6) is 0 Å². The average molecular weight is 319 g/mol. The number of carbonyl (C=O) groups is 1. The van der Waals surface area contributed by atoms with Crippen molar-refractivity contribution in [2.24, 2.45) is 5.73 Å². The first-order valence-electron chi connectivity index (χ1n) is 6.73. The third kappa shape index (κ3) is 5.88. The molecule has 0 radical (unpaired) electrons. The highest BCUT2D eigenvalue weighted by Crippen LogP contribution is 2.30. The molecule has 8 heteroatoms. The highest BCUT2D eigenvalue weighted by molar-refractivity contribution is 5.68. The van der Waals surface area contributed by atoms with Crippen molar-refractivity contribution in [2.75, 3.05) is 6.54 Å². The highest BCUT2D eigenvalue weighted by atomic mass is 19.4. The molecular weight excluding hydrogens is 299 g/mol. The number of alkyl carbamates (subject to hydrolysis) is 1. The van der Waals surface area contributed by atoms with Gasteiger partial charge in [0, 0.05) is 18.8 Å². The first kappa shape index (κ1) is 18.2. The monoisotopic (exact) mass is 319 g/mol. The number of carbonyl (C=O) groups excluding carboxylic acids is 1. The summed E-state index contributed by atoms with van der Waals surface area (Å²) in [6, 6.07) is 2.04. The highest BCUT2D eigenvalue weighted by Gasteiger charge is 2.35. The number of nitrogens with one attached hydrogen (secondary N) is 1. The Labute approximate surface area is 127 Å². The van der Waals surface area contributed by atoms with E-state index >= 15 is 0 Å². The Bertz CT molecular complexity index is 513. The number of hydrogen-bond acceptors (Lipinski definition) is 4. The van der Waals surface area contributed by atoms with Crippen molar-refractivity contribution >= 4 is 6.09 Å². The topological polar surface area (TPSA) is 77.2 Å². The Balaban J connectivity index is 2.81. The predicted molar refractivity (Wildman–Crippen MR) is 75.2 cm³/mol. The molecule has 0 spiro atoms. The van der Waals surface area contributed by atoms with Gasteiger partial charge in [-0.3, -0.25) is 4.98 Å². The number of ether oxygens (including phenoxy) is 1. The van der Waals surface area contributed by atoms with Crippen LogP contribution in [0.2, 0.25) is 0 Å². The van der Waals surface area contributed by atoms with Crippen molar-refractivity contribution in [3.8, 4) is 0 Å². The molecule has 0 saturated heterocycles. The summed E-state index contributed by atoms with van der Waals surface area (Å²) in [5, 5.41) is 2.47. The summed E-state index contributed by atoms with van der Waals surface area (Å²) in [7, 11) is 0. The largest absolute Gasteiger partial charge is 0.444 e. The Morgan fingerprint density at radius 1 is 1.41 bits per heavy atom. The van der Waals surface area contributed by atoms with Crippen molar-refractivity contribution in [1.29, 1.82) is 0 Å². The van der Waals surface area contributed by atoms with Crippen LogP contribution in [0, 0.1) is 0 Å². The molecule has 124 valence electrons. The van der Waals surface area contributed by atoms with E-state index < -0.39 is 29.6 Å². The maximum absolute atomic E-state index is 12.9. The SMILES string of the molecule is CC(C)(C)OC(=O)NC(CN)Cc1cccnc1C(F)(F)F. The fraction of sp³-hybridized carbons (Fsp3) is 0.571. The number of rotatable bonds is 4. The standard InChI is InChI=1S/C14H20F3N3O2/c1-13(2,3)22-12(21)20-10(8-18)7-9-5-4-6-19-11(9)14(15,16)17/h4-6,10H,7-8,18H2,1-3H3,(H,20,21). The van der Waals surface area contributed by atoms with Crippen molar-refractivity contribution in [3.63, 3.8) is 0 Å². The van der Waals surface area contributed by atoms with Crippen LogP contribution in [0.4, 0.5) is 18.0 Å². The van der Waals surface area contributed by atoms with Gasteiger partial charge in [0.1, 0.15) is 11.3 Å². The van der Waals surface area contributed by atoms with Crippen LogP contribution in [-0.2, 0) is 17.3 Å². The molecule has 5 nitrogen and oxygen atoms in total. The van der Waals surface area contributed by atoms with Crippen molar-refractivity contribution < 1.29 is 22.7 Å². The maximum atomic E-state index is 12.9. The number of nitrogens with zero attached hydrogens (tertiary/aromatic N) is 1.